The zero-order valence-corrected chi connectivity index (χ0v) is 18.0. The van der Waals surface area contributed by atoms with Crippen LogP contribution in [0.4, 0.5) is 5.69 Å². The molecule has 2 nitrogen and oxygen atoms in total. The third-order valence-electron chi connectivity index (χ3n) is 5.36. The topological polar surface area (TPSA) is 4.93 Å². The molecule has 2 heteroatoms. The Morgan fingerprint density at radius 2 is 1.39 bits per heavy atom. The summed E-state index contributed by atoms with van der Waals surface area (Å²) in [7, 11) is 6.61. The van der Waals surface area contributed by atoms with Crippen molar-refractivity contribution in [3.63, 3.8) is 0 Å². The second-order valence-electron chi connectivity index (χ2n) is 9.97. The van der Waals surface area contributed by atoms with Crippen LogP contribution in [0, 0.1) is 5.41 Å². The zero-order valence-electron chi connectivity index (χ0n) is 18.0. The van der Waals surface area contributed by atoms with Gasteiger partial charge in [-0.2, -0.15) is 0 Å². The molecule has 0 atom stereocenters. The van der Waals surface area contributed by atoms with Gasteiger partial charge in [-0.05, 0) is 41.7 Å². The van der Waals surface area contributed by atoms with Gasteiger partial charge in [-0.1, -0.05) is 51.1 Å². The molecule has 4 rings (SSSR count). The molecule has 0 N–H and O–H groups in total. The first-order valence-electron chi connectivity index (χ1n) is 10.1. The van der Waals surface area contributed by atoms with Gasteiger partial charge >= 0.3 is 0 Å². The molecule has 4 aromatic rings. The molecule has 0 aliphatic carbocycles. The first-order chi connectivity index (χ1) is 13.1. The summed E-state index contributed by atoms with van der Waals surface area (Å²) in [5.41, 5.74) is 6.75. The van der Waals surface area contributed by atoms with Gasteiger partial charge in [-0.15, -0.1) is 0 Å². The van der Waals surface area contributed by atoms with E-state index in [1.165, 1.54) is 38.7 Å². The van der Waals surface area contributed by atoms with Crippen molar-refractivity contribution in [2.24, 2.45) is 5.41 Å². The number of rotatable bonds is 3. The molecule has 0 spiro atoms. The highest BCUT2D eigenvalue weighted by atomic mass is 15.3. The number of fused-ring (bicyclic) bond motifs is 3. The molecule has 144 valence electrons. The van der Waals surface area contributed by atoms with E-state index < -0.39 is 0 Å². The predicted molar refractivity (Wildman–Crippen MR) is 124 cm³/mol. The van der Waals surface area contributed by atoms with Crippen molar-refractivity contribution in [1.82, 2.24) is 9.05 Å². The van der Waals surface area contributed by atoms with Crippen LogP contribution in [-0.2, 0) is 6.42 Å². The van der Waals surface area contributed by atoms with E-state index in [4.69, 9.17) is 0 Å². The fourth-order valence-corrected chi connectivity index (χ4v) is 4.07. The van der Waals surface area contributed by atoms with Gasteiger partial charge in [0.2, 0.25) is 0 Å². The third-order valence-corrected chi connectivity index (χ3v) is 5.36. The smallest absolute Gasteiger partial charge is 0.132 e. The molecule has 1 aromatic heterocycles. The lowest BCUT2D eigenvalue weighted by atomic mass is 9.88. The van der Waals surface area contributed by atoms with Crippen molar-refractivity contribution < 1.29 is 0 Å². The fraction of sp³-hybridized carbons (Fsp3) is 0.308. The highest BCUT2D eigenvalue weighted by Gasteiger charge is 2.17. The first-order valence-corrected chi connectivity index (χ1v) is 10.1. The molecule has 0 unspecified atom stereocenters. The molecule has 0 aliphatic heterocycles. The van der Waals surface area contributed by atoms with Gasteiger partial charge in [0.15, 0.2) is 0 Å². The van der Waals surface area contributed by atoms with Gasteiger partial charge in [0.25, 0.3) is 0 Å². The maximum absolute atomic E-state index is 2.41. The highest BCUT2D eigenvalue weighted by molar-refractivity contribution is 6.09. The number of nitrogens with zero attached hydrogens (tertiary/aromatic N) is 2. The molecular weight excluding hydrogens is 340 g/mol. The molecule has 0 saturated carbocycles. The summed E-state index contributed by atoms with van der Waals surface area (Å²) >= 11 is 0. The van der Waals surface area contributed by atoms with E-state index in [1.54, 1.807) is 0 Å². The van der Waals surface area contributed by atoms with E-state index in [-0.39, 0.29) is 5.41 Å². The van der Waals surface area contributed by atoms with Crippen LogP contribution in [0.1, 0.15) is 26.3 Å². The Labute approximate surface area is 168 Å². The minimum Gasteiger partial charge on any atom is -0.309 e. The summed E-state index contributed by atoms with van der Waals surface area (Å²) in [5.74, 6) is 0. The van der Waals surface area contributed by atoms with Crippen LogP contribution in [0.15, 0.2) is 66.7 Å². The lowest BCUT2D eigenvalue weighted by molar-refractivity contribution is 0.411. The van der Waals surface area contributed by atoms with Gasteiger partial charge in [-0.3, -0.25) is 4.48 Å². The maximum Gasteiger partial charge on any atom is 0.132 e. The Hall–Kier alpha value is -2.58. The van der Waals surface area contributed by atoms with E-state index in [1.807, 2.05) is 0 Å². The van der Waals surface area contributed by atoms with E-state index in [9.17, 15) is 0 Å². The Kier molecular flexibility index (Phi) is 4.35. The minimum atomic E-state index is 0.275. The monoisotopic (exact) mass is 371 g/mol. The van der Waals surface area contributed by atoms with E-state index in [0.29, 0.717) is 0 Å². The van der Waals surface area contributed by atoms with Gasteiger partial charge < -0.3 is 4.57 Å². The zero-order chi connectivity index (χ0) is 20.1. The SMILES string of the molecule is CC(C)(C)Cc1ccc2c3ccccc3n(-c3ccc([N+](C)(C)C)cc3)c2c1. The molecule has 0 aliphatic rings. The number of benzene rings is 3. The lowest BCUT2D eigenvalue weighted by Crippen LogP contribution is -2.34. The molecule has 0 amide bonds. The van der Waals surface area contributed by atoms with E-state index >= 15 is 0 Å². The van der Waals surface area contributed by atoms with Crippen LogP contribution in [0.5, 0.6) is 0 Å². The first kappa shape index (κ1) is 18.8. The van der Waals surface area contributed by atoms with Crippen molar-refractivity contribution in [2.75, 3.05) is 21.1 Å². The molecule has 28 heavy (non-hydrogen) atoms. The molecule has 0 fully saturated rings. The fourth-order valence-electron chi connectivity index (χ4n) is 4.07. The average molecular weight is 372 g/mol. The van der Waals surface area contributed by atoms with Crippen LogP contribution in [0.3, 0.4) is 0 Å². The highest BCUT2D eigenvalue weighted by Crippen LogP contribution is 2.34. The molecule has 0 saturated heterocycles. The summed E-state index contributed by atoms with van der Waals surface area (Å²) in [6.45, 7) is 6.91. The molecular formula is C26H31N2+. The lowest BCUT2D eigenvalue weighted by Gasteiger charge is -2.23. The number of para-hydroxylation sites is 1. The second-order valence-corrected chi connectivity index (χ2v) is 9.97. The Balaban J connectivity index is 1.95. The van der Waals surface area contributed by atoms with Gasteiger partial charge in [0.1, 0.15) is 5.69 Å². The number of quaternary nitrogens is 1. The summed E-state index contributed by atoms with van der Waals surface area (Å²) in [6, 6.07) is 24.7. The van der Waals surface area contributed by atoms with Crippen molar-refractivity contribution in [2.45, 2.75) is 27.2 Å². The van der Waals surface area contributed by atoms with Crippen LogP contribution < -0.4 is 4.48 Å². The number of aromatic nitrogens is 1. The van der Waals surface area contributed by atoms with Crippen LogP contribution >= 0.6 is 0 Å². The van der Waals surface area contributed by atoms with Crippen molar-refractivity contribution in [3.05, 3.63) is 72.3 Å². The average Bonchev–Trinajstić information content (AvgIpc) is 2.93. The largest absolute Gasteiger partial charge is 0.309 e. The third kappa shape index (κ3) is 3.45. The molecule has 3 aromatic carbocycles. The summed E-state index contributed by atoms with van der Waals surface area (Å²) in [4.78, 5) is 0. The summed E-state index contributed by atoms with van der Waals surface area (Å²) in [6.07, 6.45) is 1.07. The van der Waals surface area contributed by atoms with Crippen LogP contribution in [0.2, 0.25) is 0 Å². The van der Waals surface area contributed by atoms with E-state index in [2.05, 4.69) is 113 Å². The van der Waals surface area contributed by atoms with Gasteiger partial charge in [0.05, 0.1) is 32.2 Å². The molecule has 1 heterocycles. The van der Waals surface area contributed by atoms with Crippen molar-refractivity contribution >= 4 is 27.5 Å². The van der Waals surface area contributed by atoms with Gasteiger partial charge in [0, 0.05) is 28.6 Å². The molecule has 0 bridgehead atoms. The Morgan fingerprint density at radius 3 is 2.04 bits per heavy atom. The van der Waals surface area contributed by atoms with Crippen LogP contribution in [-0.4, -0.2) is 25.7 Å². The summed E-state index contributed by atoms with van der Waals surface area (Å²) < 4.78 is 3.24. The normalized spacial score (nSPS) is 12.8. The predicted octanol–water partition coefficient (Wildman–Crippen LogP) is 6.57. The van der Waals surface area contributed by atoms with Gasteiger partial charge in [-0.25, -0.2) is 0 Å². The van der Waals surface area contributed by atoms with Crippen molar-refractivity contribution in [3.8, 4) is 5.69 Å². The van der Waals surface area contributed by atoms with Crippen LogP contribution in [0.25, 0.3) is 27.5 Å². The minimum absolute atomic E-state index is 0.275. The van der Waals surface area contributed by atoms with E-state index in [0.717, 1.165) is 10.9 Å². The summed E-state index contributed by atoms with van der Waals surface area (Å²) in [5, 5.41) is 2.64. The standard InChI is InChI=1S/C26H31N2/c1-26(2,3)18-19-11-16-23-22-9-7-8-10-24(22)27(25(23)17-19)20-12-14-21(15-13-20)28(4,5)6/h7-17H,18H2,1-6H3/q+1. The Morgan fingerprint density at radius 1 is 0.750 bits per heavy atom. The quantitative estimate of drug-likeness (QED) is 0.359. The Bertz CT molecular complexity index is 1130. The number of hydrogen-bond acceptors (Lipinski definition) is 0. The second kappa shape index (κ2) is 6.49. The molecule has 0 radical (unpaired) electrons. The van der Waals surface area contributed by atoms with Crippen molar-refractivity contribution in [1.29, 1.82) is 0 Å². The number of hydrogen-bond donors (Lipinski definition) is 0. The maximum atomic E-state index is 2.41.